The molecule has 0 aromatic heterocycles. The van der Waals surface area contributed by atoms with Gasteiger partial charge in [0.05, 0.1) is 34.4 Å². The molecule has 1 N–H and O–H groups in total. The Hall–Kier alpha value is -0.660. The van der Waals surface area contributed by atoms with Gasteiger partial charge in [-0.2, -0.15) is 0 Å². The van der Waals surface area contributed by atoms with Crippen LogP contribution in [0.15, 0.2) is 0 Å². The normalized spacial score (nSPS) is 13.5. The number of rotatable bonds is 26. The summed E-state index contributed by atoms with van der Waals surface area (Å²) in [6, 6.07) is 0. The lowest BCUT2D eigenvalue weighted by molar-refractivity contribution is -0.870. The number of unbranched alkanes of at least 4 members (excludes halogenated alkanes) is 15. The SMILES string of the molecule is CCCCCCCCCCCCCCCCCCN(CCOP(=O)(O)OCC[N+](C)(C)C)C(=O)OCC. The van der Waals surface area contributed by atoms with E-state index in [4.69, 9.17) is 13.8 Å². The van der Waals surface area contributed by atoms with E-state index in [2.05, 4.69) is 6.92 Å². The van der Waals surface area contributed by atoms with Gasteiger partial charge in [0, 0.05) is 13.1 Å². The van der Waals surface area contributed by atoms with Crippen molar-refractivity contribution in [2.24, 2.45) is 0 Å². The molecule has 0 heterocycles. The van der Waals surface area contributed by atoms with Crippen LogP contribution < -0.4 is 0 Å². The zero-order valence-electron chi connectivity index (χ0n) is 24.9. The second-order valence-electron chi connectivity index (χ2n) is 11.1. The largest absolute Gasteiger partial charge is 0.472 e. The summed E-state index contributed by atoms with van der Waals surface area (Å²) < 4.78 is 27.9. The van der Waals surface area contributed by atoms with E-state index < -0.39 is 13.9 Å². The van der Waals surface area contributed by atoms with Gasteiger partial charge in [-0.15, -0.1) is 0 Å². The summed E-state index contributed by atoms with van der Waals surface area (Å²) >= 11 is 0. The first-order valence-corrected chi connectivity index (χ1v) is 16.4. The third-order valence-electron chi connectivity index (χ3n) is 6.44. The monoisotopic (exact) mass is 551 g/mol. The molecule has 0 rings (SSSR count). The van der Waals surface area contributed by atoms with E-state index in [1.807, 2.05) is 21.1 Å². The first-order valence-electron chi connectivity index (χ1n) is 15.0. The highest BCUT2D eigenvalue weighted by atomic mass is 31.2. The van der Waals surface area contributed by atoms with E-state index in [9.17, 15) is 14.3 Å². The molecule has 0 spiro atoms. The summed E-state index contributed by atoms with van der Waals surface area (Å²) in [7, 11) is 1.79. The summed E-state index contributed by atoms with van der Waals surface area (Å²) in [5.41, 5.74) is 0. The molecule has 0 aliphatic rings. The Bertz CT molecular complexity index is 586. The minimum absolute atomic E-state index is 0.0736. The fourth-order valence-corrected chi connectivity index (χ4v) is 4.79. The lowest BCUT2D eigenvalue weighted by atomic mass is 10.0. The van der Waals surface area contributed by atoms with Gasteiger partial charge in [0.2, 0.25) is 0 Å². The Morgan fingerprint density at radius 1 is 0.703 bits per heavy atom. The number of phosphoric ester groups is 1. The number of carbonyl (C=O) groups is 1. The van der Waals surface area contributed by atoms with Crippen LogP contribution in [-0.2, 0) is 18.3 Å². The van der Waals surface area contributed by atoms with E-state index >= 15 is 0 Å². The highest BCUT2D eigenvalue weighted by molar-refractivity contribution is 7.47. The van der Waals surface area contributed by atoms with Crippen molar-refractivity contribution in [1.82, 2.24) is 4.90 Å². The summed E-state index contributed by atoms with van der Waals surface area (Å²) in [6.07, 6.45) is 20.4. The number of hydrogen-bond acceptors (Lipinski definition) is 5. The molecule has 0 aliphatic heterocycles. The average Bonchev–Trinajstić information content (AvgIpc) is 2.81. The van der Waals surface area contributed by atoms with Crippen LogP contribution >= 0.6 is 7.82 Å². The number of phosphoric acid groups is 1. The quantitative estimate of drug-likeness (QED) is 0.0679. The molecule has 0 radical (unpaired) electrons. The van der Waals surface area contributed by atoms with Crippen LogP contribution in [-0.4, -0.2) is 81.0 Å². The maximum absolute atomic E-state index is 12.3. The maximum Gasteiger partial charge on any atom is 0.472 e. The van der Waals surface area contributed by atoms with Gasteiger partial charge >= 0.3 is 13.9 Å². The number of nitrogens with zero attached hydrogens (tertiary/aromatic N) is 2. The molecule has 222 valence electrons. The molecule has 8 nitrogen and oxygen atoms in total. The summed E-state index contributed by atoms with van der Waals surface area (Å²) in [5, 5.41) is 0. The molecule has 1 amide bonds. The second-order valence-corrected chi connectivity index (χ2v) is 12.6. The maximum atomic E-state index is 12.3. The molecule has 0 fully saturated rings. The Kier molecular flexibility index (Phi) is 22.8. The van der Waals surface area contributed by atoms with Crippen molar-refractivity contribution in [3.8, 4) is 0 Å². The molecule has 0 aromatic carbocycles. The number of carbonyl (C=O) groups excluding carboxylic acids is 1. The first kappa shape index (κ1) is 36.3. The van der Waals surface area contributed by atoms with Crippen molar-refractivity contribution >= 4 is 13.9 Å². The van der Waals surface area contributed by atoms with Gasteiger partial charge in [0.1, 0.15) is 13.2 Å². The molecule has 0 aromatic rings. The van der Waals surface area contributed by atoms with E-state index in [1.165, 1.54) is 83.5 Å². The summed E-state index contributed by atoms with van der Waals surface area (Å²) in [4.78, 5) is 23.7. The first-order chi connectivity index (χ1) is 17.6. The van der Waals surface area contributed by atoms with Crippen LogP contribution in [0.4, 0.5) is 4.79 Å². The van der Waals surface area contributed by atoms with E-state index in [0.717, 1.165) is 19.3 Å². The lowest BCUT2D eigenvalue weighted by Crippen LogP contribution is -2.37. The molecule has 9 heteroatoms. The zero-order chi connectivity index (χ0) is 27.8. The third-order valence-corrected chi connectivity index (χ3v) is 7.46. The van der Waals surface area contributed by atoms with E-state index in [1.54, 1.807) is 11.8 Å². The molecule has 37 heavy (non-hydrogen) atoms. The minimum Gasteiger partial charge on any atom is -0.450 e. The Morgan fingerprint density at radius 2 is 1.14 bits per heavy atom. The highest BCUT2D eigenvalue weighted by Crippen LogP contribution is 2.42. The fraction of sp³-hybridized carbons (Fsp3) is 0.964. The van der Waals surface area contributed by atoms with Gasteiger partial charge in [-0.3, -0.25) is 9.05 Å². The fourth-order valence-electron chi connectivity index (χ4n) is 4.09. The second kappa shape index (κ2) is 23.2. The predicted octanol–water partition coefficient (Wildman–Crippen LogP) is 7.55. The van der Waals surface area contributed by atoms with E-state index in [0.29, 0.717) is 24.2 Å². The van der Waals surface area contributed by atoms with Crippen molar-refractivity contribution in [2.75, 3.05) is 60.6 Å². The number of quaternary nitrogens is 1. The van der Waals surface area contributed by atoms with Crippen LogP contribution in [0, 0.1) is 0 Å². The van der Waals surface area contributed by atoms with Gasteiger partial charge in [0.25, 0.3) is 0 Å². The number of hydrogen-bond donors (Lipinski definition) is 1. The van der Waals surface area contributed by atoms with Gasteiger partial charge in [-0.1, -0.05) is 103 Å². The summed E-state index contributed by atoms with van der Waals surface area (Å²) in [5.74, 6) is 0. The van der Waals surface area contributed by atoms with E-state index in [-0.39, 0.29) is 19.8 Å². The topological polar surface area (TPSA) is 85.3 Å². The lowest BCUT2D eigenvalue weighted by Gasteiger charge is -2.24. The molecule has 0 saturated carbocycles. The van der Waals surface area contributed by atoms with Gasteiger partial charge in [-0.05, 0) is 13.3 Å². The minimum atomic E-state index is -4.13. The molecule has 1 atom stereocenters. The highest BCUT2D eigenvalue weighted by Gasteiger charge is 2.23. The Balaban J connectivity index is 3.88. The van der Waals surface area contributed by atoms with Crippen LogP contribution in [0.25, 0.3) is 0 Å². The number of likely N-dealkylation sites (N-methyl/N-ethyl adjacent to an activating group) is 1. The van der Waals surface area contributed by atoms with Crippen molar-refractivity contribution in [1.29, 1.82) is 0 Å². The molecule has 0 saturated heterocycles. The summed E-state index contributed by atoms with van der Waals surface area (Å²) in [6.45, 7) is 5.71. The molecular weight excluding hydrogens is 491 g/mol. The molecule has 0 aliphatic carbocycles. The standard InChI is InChI=1S/C28H59N2O6P/c1-6-8-9-10-11-12-13-14-15-16-17-18-19-20-21-22-23-29(28(31)34-7-2)24-26-35-37(32,33)36-27-25-30(3,4)5/h6-27H2,1-5H3/p+1. The Morgan fingerprint density at radius 3 is 1.57 bits per heavy atom. The number of amides is 1. The predicted molar refractivity (Wildman–Crippen MR) is 153 cm³/mol. The van der Waals surface area contributed by atoms with Crippen molar-refractivity contribution in [3.63, 3.8) is 0 Å². The smallest absolute Gasteiger partial charge is 0.450 e. The van der Waals surface area contributed by atoms with Crippen molar-refractivity contribution in [2.45, 2.75) is 117 Å². The third kappa shape index (κ3) is 25.4. The zero-order valence-corrected chi connectivity index (χ0v) is 25.8. The molecule has 0 bridgehead atoms. The Labute approximate surface area is 228 Å². The van der Waals surface area contributed by atoms with Crippen LogP contribution in [0.1, 0.15) is 117 Å². The molecule has 1 unspecified atom stereocenters. The van der Waals surface area contributed by atoms with Crippen LogP contribution in [0.5, 0.6) is 0 Å². The average molecular weight is 552 g/mol. The van der Waals surface area contributed by atoms with Gasteiger partial charge in [-0.25, -0.2) is 9.36 Å². The molecular formula is C28H60N2O6P+. The van der Waals surface area contributed by atoms with Crippen molar-refractivity contribution < 1.29 is 32.5 Å². The van der Waals surface area contributed by atoms with Gasteiger partial charge in [0.15, 0.2) is 0 Å². The van der Waals surface area contributed by atoms with Gasteiger partial charge < -0.3 is 19.0 Å². The van der Waals surface area contributed by atoms with Crippen LogP contribution in [0.2, 0.25) is 0 Å². The number of ether oxygens (including phenoxy) is 1. The van der Waals surface area contributed by atoms with Crippen molar-refractivity contribution in [3.05, 3.63) is 0 Å². The van der Waals surface area contributed by atoms with Crippen LogP contribution in [0.3, 0.4) is 0 Å².